The summed E-state index contributed by atoms with van der Waals surface area (Å²) in [6, 6.07) is 8.79. The van der Waals surface area contributed by atoms with Crippen molar-refractivity contribution in [2.75, 3.05) is 32.8 Å². The van der Waals surface area contributed by atoms with Crippen LogP contribution in [0.1, 0.15) is 65.6 Å². The van der Waals surface area contributed by atoms with Crippen LogP contribution in [0.2, 0.25) is 0 Å². The third-order valence-electron chi connectivity index (χ3n) is 6.66. The second kappa shape index (κ2) is 10.8. The number of allylic oxidation sites excluding steroid dienone is 1. The summed E-state index contributed by atoms with van der Waals surface area (Å²) in [5.74, 6) is 0.408. The first kappa shape index (κ1) is 24.5. The average Bonchev–Trinajstić information content (AvgIpc) is 3.37. The summed E-state index contributed by atoms with van der Waals surface area (Å²) in [6.07, 6.45) is 5.41. The molecule has 4 rings (SSSR count). The highest BCUT2D eigenvalue weighted by molar-refractivity contribution is 5.97. The van der Waals surface area contributed by atoms with Crippen molar-refractivity contribution in [1.82, 2.24) is 20.7 Å². The Morgan fingerprint density at radius 1 is 1.09 bits per heavy atom. The monoisotopic (exact) mass is 480 g/mol. The fourth-order valence-corrected chi connectivity index (χ4v) is 4.41. The number of benzene rings is 1. The molecule has 2 aliphatic heterocycles. The maximum atomic E-state index is 13.2. The zero-order valence-corrected chi connectivity index (χ0v) is 20.2. The van der Waals surface area contributed by atoms with Crippen molar-refractivity contribution in [3.63, 3.8) is 0 Å². The number of likely N-dealkylation sites (tertiary alicyclic amines) is 1. The van der Waals surface area contributed by atoms with E-state index in [4.69, 9.17) is 9.26 Å². The molecular formula is C26H32N4O5. The summed E-state index contributed by atoms with van der Waals surface area (Å²) >= 11 is 0. The van der Waals surface area contributed by atoms with Gasteiger partial charge in [-0.25, -0.2) is 0 Å². The Balaban J connectivity index is 1.44. The standard InChI is InChI=1S/C26H32N4O5/c1-18(2)20-17-22(35-29-20)24(32)30-14-10-26(11-15-30)9-5-6-16-34-21-8-4-3-7-19(21)23(31)27-12-13-28-25(26)33/h3-8,17-18H,9-16H2,1-2H3,(H,27,31)(H,28,33)/b6-5+. The minimum Gasteiger partial charge on any atom is -0.489 e. The molecule has 9 nitrogen and oxygen atoms in total. The topological polar surface area (TPSA) is 114 Å². The molecule has 2 aromatic rings. The molecule has 1 aromatic heterocycles. The number of piperidine rings is 1. The first-order valence-electron chi connectivity index (χ1n) is 12.1. The van der Waals surface area contributed by atoms with E-state index in [1.165, 1.54) is 0 Å². The minimum absolute atomic E-state index is 0.0661. The van der Waals surface area contributed by atoms with Crippen molar-refractivity contribution in [2.45, 2.75) is 39.0 Å². The lowest BCUT2D eigenvalue weighted by molar-refractivity contribution is -0.133. The van der Waals surface area contributed by atoms with Gasteiger partial charge in [-0.1, -0.05) is 43.3 Å². The molecular weight excluding hydrogens is 448 g/mol. The molecule has 0 unspecified atom stereocenters. The highest BCUT2D eigenvalue weighted by atomic mass is 16.5. The van der Waals surface area contributed by atoms with E-state index < -0.39 is 5.41 Å². The average molecular weight is 481 g/mol. The quantitative estimate of drug-likeness (QED) is 0.639. The molecule has 1 spiro atoms. The van der Waals surface area contributed by atoms with Gasteiger partial charge in [-0.2, -0.15) is 0 Å². The number of nitrogens with one attached hydrogen (secondary N) is 2. The predicted molar refractivity (Wildman–Crippen MR) is 129 cm³/mol. The van der Waals surface area contributed by atoms with E-state index in [2.05, 4.69) is 15.8 Å². The Morgan fingerprint density at radius 2 is 1.83 bits per heavy atom. The van der Waals surface area contributed by atoms with Crippen LogP contribution in [-0.4, -0.2) is 60.6 Å². The Kier molecular flexibility index (Phi) is 7.53. The van der Waals surface area contributed by atoms with Crippen LogP contribution in [0, 0.1) is 5.41 Å². The lowest BCUT2D eigenvalue weighted by Gasteiger charge is -2.40. The van der Waals surface area contributed by atoms with Crippen LogP contribution in [0.25, 0.3) is 0 Å². The molecule has 186 valence electrons. The van der Waals surface area contributed by atoms with E-state index in [1.807, 2.05) is 32.1 Å². The van der Waals surface area contributed by atoms with E-state index in [9.17, 15) is 14.4 Å². The van der Waals surface area contributed by atoms with Gasteiger partial charge in [-0.3, -0.25) is 14.4 Å². The number of para-hydroxylation sites is 1. The van der Waals surface area contributed by atoms with Gasteiger partial charge in [0.25, 0.3) is 11.8 Å². The molecule has 9 heteroatoms. The lowest BCUT2D eigenvalue weighted by atomic mass is 9.74. The van der Waals surface area contributed by atoms with Crippen molar-refractivity contribution in [3.05, 3.63) is 59.5 Å². The molecule has 0 aliphatic carbocycles. The van der Waals surface area contributed by atoms with E-state index in [-0.39, 0.29) is 36.0 Å². The third-order valence-corrected chi connectivity index (χ3v) is 6.66. The molecule has 2 N–H and O–H groups in total. The van der Waals surface area contributed by atoms with E-state index >= 15 is 0 Å². The molecule has 0 radical (unpaired) electrons. The minimum atomic E-state index is -0.635. The van der Waals surface area contributed by atoms with Crippen LogP contribution in [0.3, 0.4) is 0 Å². The van der Waals surface area contributed by atoms with Crippen LogP contribution in [-0.2, 0) is 4.79 Å². The van der Waals surface area contributed by atoms with Gasteiger partial charge >= 0.3 is 0 Å². The fourth-order valence-electron chi connectivity index (χ4n) is 4.41. The summed E-state index contributed by atoms with van der Waals surface area (Å²) in [5, 5.41) is 9.80. The fraction of sp³-hybridized carbons (Fsp3) is 0.462. The summed E-state index contributed by atoms with van der Waals surface area (Å²) in [6.45, 7) is 5.78. The molecule has 1 saturated heterocycles. The zero-order valence-electron chi connectivity index (χ0n) is 20.2. The molecule has 3 amide bonds. The van der Waals surface area contributed by atoms with Gasteiger partial charge in [0.2, 0.25) is 11.7 Å². The Bertz CT molecular complexity index is 1100. The molecule has 1 aromatic carbocycles. The summed E-state index contributed by atoms with van der Waals surface area (Å²) in [7, 11) is 0. The van der Waals surface area contributed by atoms with Crippen molar-refractivity contribution in [3.8, 4) is 5.75 Å². The Hall–Kier alpha value is -3.62. The lowest BCUT2D eigenvalue weighted by Crippen LogP contribution is -2.51. The molecule has 1 fully saturated rings. The zero-order chi connectivity index (χ0) is 24.8. The van der Waals surface area contributed by atoms with Gasteiger partial charge in [0.15, 0.2) is 0 Å². The van der Waals surface area contributed by atoms with Crippen molar-refractivity contribution >= 4 is 17.7 Å². The van der Waals surface area contributed by atoms with Gasteiger partial charge in [0, 0.05) is 32.2 Å². The largest absolute Gasteiger partial charge is 0.489 e. The predicted octanol–water partition coefficient (Wildman–Crippen LogP) is 2.91. The van der Waals surface area contributed by atoms with Gasteiger partial charge in [-0.15, -0.1) is 0 Å². The number of hydrogen-bond donors (Lipinski definition) is 2. The highest BCUT2D eigenvalue weighted by Gasteiger charge is 2.41. The summed E-state index contributed by atoms with van der Waals surface area (Å²) in [4.78, 5) is 40.4. The van der Waals surface area contributed by atoms with Crippen LogP contribution in [0.15, 0.2) is 47.0 Å². The molecule has 0 saturated carbocycles. The first-order chi connectivity index (χ1) is 16.9. The molecule has 0 bridgehead atoms. The third kappa shape index (κ3) is 5.55. The Morgan fingerprint density at radius 3 is 2.57 bits per heavy atom. The molecule has 35 heavy (non-hydrogen) atoms. The number of ether oxygens (including phenoxy) is 1. The summed E-state index contributed by atoms with van der Waals surface area (Å²) in [5.41, 5.74) is 0.573. The van der Waals surface area contributed by atoms with Crippen LogP contribution >= 0.6 is 0 Å². The van der Waals surface area contributed by atoms with Crippen molar-refractivity contribution in [1.29, 1.82) is 0 Å². The smallest absolute Gasteiger partial charge is 0.292 e. The first-order valence-corrected chi connectivity index (χ1v) is 12.1. The number of carbonyl (C=O) groups is 3. The van der Waals surface area contributed by atoms with Crippen molar-refractivity contribution < 1.29 is 23.6 Å². The van der Waals surface area contributed by atoms with Gasteiger partial charge in [0.05, 0.1) is 16.7 Å². The normalized spacial score (nSPS) is 19.8. The molecule has 2 aliphatic rings. The number of carbonyl (C=O) groups excluding carboxylic acids is 3. The number of hydrogen-bond acceptors (Lipinski definition) is 6. The molecule has 0 atom stereocenters. The van der Waals surface area contributed by atoms with Crippen LogP contribution < -0.4 is 15.4 Å². The summed E-state index contributed by atoms with van der Waals surface area (Å²) < 4.78 is 11.1. The second-order valence-corrected chi connectivity index (χ2v) is 9.34. The number of fused-ring (bicyclic) bond motifs is 1. The SMILES string of the molecule is CC(C)c1cc(C(=O)N2CCC3(C/C=C/COc4ccccc4C(=O)NCCNC3=O)CC2)on1. The van der Waals surface area contributed by atoms with E-state index in [1.54, 1.807) is 29.2 Å². The Labute approximate surface area is 204 Å². The maximum absolute atomic E-state index is 13.2. The van der Waals surface area contributed by atoms with Gasteiger partial charge < -0.3 is 24.8 Å². The van der Waals surface area contributed by atoms with Gasteiger partial charge in [-0.05, 0) is 37.3 Å². The number of aromatic nitrogens is 1. The second-order valence-electron chi connectivity index (χ2n) is 9.34. The van der Waals surface area contributed by atoms with Crippen LogP contribution in [0.5, 0.6) is 5.75 Å². The van der Waals surface area contributed by atoms with E-state index in [0.29, 0.717) is 56.8 Å². The van der Waals surface area contributed by atoms with E-state index in [0.717, 1.165) is 5.69 Å². The highest BCUT2D eigenvalue weighted by Crippen LogP contribution is 2.36. The molecule has 3 heterocycles. The number of nitrogens with zero attached hydrogens (tertiary/aromatic N) is 2. The van der Waals surface area contributed by atoms with Crippen LogP contribution in [0.4, 0.5) is 0 Å². The number of rotatable bonds is 2. The number of amides is 3. The maximum Gasteiger partial charge on any atom is 0.292 e. The van der Waals surface area contributed by atoms with Gasteiger partial charge in [0.1, 0.15) is 12.4 Å². The van der Waals surface area contributed by atoms with Crippen molar-refractivity contribution in [2.24, 2.45) is 5.41 Å².